The Bertz CT molecular complexity index is 626. The number of carbonyl (C=O) groups is 1. The summed E-state index contributed by atoms with van der Waals surface area (Å²) in [6.07, 6.45) is 0. The maximum atomic E-state index is 12.0. The van der Waals surface area contributed by atoms with E-state index < -0.39 is 0 Å². The van der Waals surface area contributed by atoms with Gasteiger partial charge in [-0.3, -0.25) is 4.79 Å². The number of hydrogen-bond acceptors (Lipinski definition) is 4. The largest absolute Gasteiger partial charge is 0.486 e. The Hall–Kier alpha value is -1.53. The minimum atomic E-state index is -0.132. The van der Waals surface area contributed by atoms with Crippen LogP contribution in [0.15, 0.2) is 34.1 Å². The molecule has 0 bridgehead atoms. The second kappa shape index (κ2) is 5.22. The molecule has 19 heavy (non-hydrogen) atoms. The number of nitrogens with one attached hydrogen (secondary N) is 1. The van der Waals surface area contributed by atoms with Gasteiger partial charge >= 0.3 is 0 Å². The molecule has 0 aliphatic carbocycles. The molecule has 1 aliphatic rings. The summed E-state index contributed by atoms with van der Waals surface area (Å²) in [6.45, 7) is 1.09. The van der Waals surface area contributed by atoms with E-state index in [1.165, 1.54) is 11.3 Å². The number of rotatable bonds is 2. The van der Waals surface area contributed by atoms with Crippen LogP contribution in [0.1, 0.15) is 9.67 Å². The number of anilines is 1. The molecule has 1 amide bonds. The van der Waals surface area contributed by atoms with Crippen LogP contribution < -0.4 is 14.8 Å². The van der Waals surface area contributed by atoms with Crippen molar-refractivity contribution >= 4 is 38.9 Å². The van der Waals surface area contributed by atoms with Crippen LogP contribution >= 0.6 is 27.3 Å². The molecule has 0 saturated carbocycles. The van der Waals surface area contributed by atoms with Crippen LogP contribution in [0.3, 0.4) is 0 Å². The number of thiophene rings is 1. The maximum absolute atomic E-state index is 12.0. The SMILES string of the molecule is O=C(Nc1ccc2c(c1)OCCO2)c1cc(Br)cs1. The van der Waals surface area contributed by atoms with E-state index >= 15 is 0 Å². The fraction of sp³-hybridized carbons (Fsp3) is 0.154. The quantitative estimate of drug-likeness (QED) is 0.910. The van der Waals surface area contributed by atoms with Crippen molar-refractivity contribution in [2.45, 2.75) is 0 Å². The van der Waals surface area contributed by atoms with Crippen molar-refractivity contribution in [3.8, 4) is 11.5 Å². The minimum absolute atomic E-state index is 0.132. The Morgan fingerprint density at radius 1 is 1.21 bits per heavy atom. The molecule has 0 fully saturated rings. The van der Waals surface area contributed by atoms with Gasteiger partial charge in [0.1, 0.15) is 13.2 Å². The van der Waals surface area contributed by atoms with E-state index in [-0.39, 0.29) is 5.91 Å². The predicted molar refractivity (Wildman–Crippen MR) is 77.4 cm³/mol. The third-order valence-electron chi connectivity index (χ3n) is 2.59. The van der Waals surface area contributed by atoms with Gasteiger partial charge in [0.25, 0.3) is 5.91 Å². The summed E-state index contributed by atoms with van der Waals surface area (Å²) in [5, 5.41) is 4.71. The van der Waals surface area contributed by atoms with E-state index in [2.05, 4.69) is 21.2 Å². The molecule has 0 atom stereocenters. The number of carbonyl (C=O) groups excluding carboxylic acids is 1. The van der Waals surface area contributed by atoms with Crippen LogP contribution in [-0.4, -0.2) is 19.1 Å². The molecule has 3 rings (SSSR count). The molecule has 1 aromatic heterocycles. The molecule has 0 saturated heterocycles. The van der Waals surface area contributed by atoms with E-state index in [0.29, 0.717) is 35.3 Å². The van der Waals surface area contributed by atoms with Gasteiger partial charge in [0, 0.05) is 21.6 Å². The summed E-state index contributed by atoms with van der Waals surface area (Å²) in [4.78, 5) is 12.7. The maximum Gasteiger partial charge on any atom is 0.265 e. The summed E-state index contributed by atoms with van der Waals surface area (Å²) < 4.78 is 11.8. The highest BCUT2D eigenvalue weighted by Crippen LogP contribution is 2.32. The van der Waals surface area contributed by atoms with Crippen molar-refractivity contribution < 1.29 is 14.3 Å². The van der Waals surface area contributed by atoms with E-state index in [4.69, 9.17) is 9.47 Å². The smallest absolute Gasteiger partial charge is 0.265 e. The zero-order valence-corrected chi connectivity index (χ0v) is 12.2. The zero-order valence-electron chi connectivity index (χ0n) is 9.81. The monoisotopic (exact) mass is 339 g/mol. The first-order valence-corrected chi connectivity index (χ1v) is 7.35. The van der Waals surface area contributed by atoms with Gasteiger partial charge in [0.15, 0.2) is 11.5 Å². The minimum Gasteiger partial charge on any atom is -0.486 e. The lowest BCUT2D eigenvalue weighted by molar-refractivity contribution is 0.103. The Morgan fingerprint density at radius 2 is 2.00 bits per heavy atom. The number of amides is 1. The molecule has 1 aliphatic heterocycles. The highest BCUT2D eigenvalue weighted by Gasteiger charge is 2.14. The van der Waals surface area contributed by atoms with E-state index in [9.17, 15) is 4.79 Å². The zero-order chi connectivity index (χ0) is 13.2. The number of fused-ring (bicyclic) bond motifs is 1. The summed E-state index contributed by atoms with van der Waals surface area (Å²) in [5.41, 5.74) is 0.693. The number of benzene rings is 1. The highest BCUT2D eigenvalue weighted by molar-refractivity contribution is 9.10. The molecule has 6 heteroatoms. The Morgan fingerprint density at radius 3 is 2.74 bits per heavy atom. The lowest BCUT2D eigenvalue weighted by atomic mass is 10.2. The van der Waals surface area contributed by atoms with Crippen molar-refractivity contribution in [1.82, 2.24) is 0 Å². The molecule has 0 unspecified atom stereocenters. The van der Waals surface area contributed by atoms with Gasteiger partial charge < -0.3 is 14.8 Å². The average molecular weight is 340 g/mol. The predicted octanol–water partition coefficient (Wildman–Crippen LogP) is 3.53. The lowest BCUT2D eigenvalue weighted by Gasteiger charge is -2.18. The topological polar surface area (TPSA) is 47.6 Å². The van der Waals surface area contributed by atoms with Gasteiger partial charge in [-0.15, -0.1) is 11.3 Å². The van der Waals surface area contributed by atoms with Gasteiger partial charge in [0.2, 0.25) is 0 Å². The van der Waals surface area contributed by atoms with Gasteiger partial charge in [-0.2, -0.15) is 0 Å². The Labute approximate surface area is 122 Å². The normalized spacial score (nSPS) is 13.1. The Balaban J connectivity index is 1.78. The third-order valence-corrected chi connectivity index (χ3v) is 4.28. The molecule has 98 valence electrons. The first-order valence-electron chi connectivity index (χ1n) is 5.67. The highest BCUT2D eigenvalue weighted by atomic mass is 79.9. The summed E-state index contributed by atoms with van der Waals surface area (Å²) in [6, 6.07) is 7.16. The molecule has 1 N–H and O–H groups in total. The first-order chi connectivity index (χ1) is 9.22. The van der Waals surface area contributed by atoms with Gasteiger partial charge in [0.05, 0.1) is 4.88 Å². The van der Waals surface area contributed by atoms with Gasteiger partial charge in [-0.1, -0.05) is 0 Å². The van der Waals surface area contributed by atoms with Gasteiger partial charge in [-0.05, 0) is 34.1 Å². The second-order valence-electron chi connectivity index (χ2n) is 3.94. The molecule has 0 spiro atoms. The fourth-order valence-corrected chi connectivity index (χ4v) is 3.07. The molecular formula is C13H10BrNO3S. The van der Waals surface area contributed by atoms with Crippen molar-refractivity contribution in [3.05, 3.63) is 39.0 Å². The molecule has 0 radical (unpaired) electrons. The standard InChI is InChI=1S/C13H10BrNO3S/c14-8-5-12(19-7-8)13(16)15-9-1-2-10-11(6-9)18-4-3-17-10/h1-2,5-7H,3-4H2,(H,15,16). The molecule has 2 heterocycles. The third kappa shape index (κ3) is 2.74. The van der Waals surface area contributed by atoms with E-state index in [1.807, 2.05) is 5.38 Å². The van der Waals surface area contributed by atoms with Crippen molar-refractivity contribution in [2.75, 3.05) is 18.5 Å². The average Bonchev–Trinajstić information content (AvgIpc) is 2.85. The fourth-order valence-electron chi connectivity index (χ4n) is 1.75. The Kier molecular flexibility index (Phi) is 3.44. The number of ether oxygens (including phenoxy) is 2. The first kappa shape index (κ1) is 12.5. The van der Waals surface area contributed by atoms with Crippen molar-refractivity contribution in [2.24, 2.45) is 0 Å². The van der Waals surface area contributed by atoms with E-state index in [0.717, 1.165) is 4.47 Å². The van der Waals surface area contributed by atoms with Crippen molar-refractivity contribution in [3.63, 3.8) is 0 Å². The molecule has 1 aromatic carbocycles. The van der Waals surface area contributed by atoms with Crippen LogP contribution in [0, 0.1) is 0 Å². The molecule has 2 aromatic rings. The molecular weight excluding hydrogens is 330 g/mol. The summed E-state index contributed by atoms with van der Waals surface area (Å²) >= 11 is 4.72. The second-order valence-corrected chi connectivity index (χ2v) is 5.77. The van der Waals surface area contributed by atoms with Crippen LogP contribution in [-0.2, 0) is 0 Å². The van der Waals surface area contributed by atoms with Crippen LogP contribution in [0.5, 0.6) is 11.5 Å². The van der Waals surface area contributed by atoms with Gasteiger partial charge in [-0.25, -0.2) is 0 Å². The lowest BCUT2D eigenvalue weighted by Crippen LogP contribution is -2.16. The summed E-state index contributed by atoms with van der Waals surface area (Å²) in [7, 11) is 0. The number of halogens is 1. The van der Waals surface area contributed by atoms with Crippen LogP contribution in [0.4, 0.5) is 5.69 Å². The van der Waals surface area contributed by atoms with Crippen molar-refractivity contribution in [1.29, 1.82) is 0 Å². The molecule has 4 nitrogen and oxygen atoms in total. The van der Waals surface area contributed by atoms with E-state index in [1.54, 1.807) is 24.3 Å². The summed E-state index contributed by atoms with van der Waals surface area (Å²) in [5.74, 6) is 1.24. The van der Waals surface area contributed by atoms with Crippen LogP contribution in [0.2, 0.25) is 0 Å². The number of hydrogen-bond donors (Lipinski definition) is 1. The van der Waals surface area contributed by atoms with Crippen LogP contribution in [0.25, 0.3) is 0 Å².